The summed E-state index contributed by atoms with van der Waals surface area (Å²) in [6, 6.07) is 0.521. The number of aryl methyl sites for hydroxylation is 1. The van der Waals surface area contributed by atoms with Gasteiger partial charge in [-0.3, -0.25) is 15.0 Å². The van der Waals surface area contributed by atoms with Crippen LogP contribution >= 0.6 is 0 Å². The van der Waals surface area contributed by atoms with E-state index in [1.165, 1.54) is 0 Å². The Morgan fingerprint density at radius 2 is 2.33 bits per heavy atom. The second kappa shape index (κ2) is 6.15. The van der Waals surface area contributed by atoms with Crippen LogP contribution in [0.1, 0.15) is 38.9 Å². The number of nitrogens with zero attached hydrogens (tertiary/aromatic N) is 3. The van der Waals surface area contributed by atoms with Crippen LogP contribution in [-0.2, 0) is 18.4 Å². The molecule has 21 heavy (non-hydrogen) atoms. The quantitative estimate of drug-likeness (QED) is 0.754. The first kappa shape index (κ1) is 16.0. The van der Waals surface area contributed by atoms with Gasteiger partial charge in [0.15, 0.2) is 0 Å². The van der Waals surface area contributed by atoms with Crippen molar-refractivity contribution in [2.75, 3.05) is 7.05 Å². The molecule has 2 unspecified atom stereocenters. The minimum atomic E-state index is -0.865. The first-order valence-electron chi connectivity index (χ1n) is 7.49. The van der Waals surface area contributed by atoms with Crippen molar-refractivity contribution in [2.45, 2.75) is 57.3 Å². The van der Waals surface area contributed by atoms with Crippen molar-refractivity contribution in [2.24, 2.45) is 7.05 Å². The molecule has 2 N–H and O–H groups in total. The van der Waals surface area contributed by atoms with Gasteiger partial charge in [0.05, 0.1) is 6.54 Å². The lowest BCUT2D eigenvalue weighted by Gasteiger charge is -2.33. The molecule has 1 heterocycles. The molecule has 6 heteroatoms. The van der Waals surface area contributed by atoms with Gasteiger partial charge in [-0.15, -0.1) is 0 Å². The highest BCUT2D eigenvalue weighted by molar-refractivity contribution is 5.78. The third-order valence-electron chi connectivity index (χ3n) is 4.34. The van der Waals surface area contributed by atoms with Gasteiger partial charge in [-0.25, -0.2) is 4.98 Å². The molecular formula is C15H26N4O2. The van der Waals surface area contributed by atoms with E-state index < -0.39 is 11.5 Å². The fourth-order valence-electron chi connectivity index (χ4n) is 2.56. The van der Waals surface area contributed by atoms with Crippen LogP contribution in [0.5, 0.6) is 0 Å². The summed E-state index contributed by atoms with van der Waals surface area (Å²) in [6.45, 7) is 4.57. The fraction of sp³-hybridized carbons (Fsp3) is 0.733. The molecule has 0 aliphatic heterocycles. The Balaban J connectivity index is 1.95. The van der Waals surface area contributed by atoms with E-state index in [0.717, 1.165) is 18.7 Å². The molecule has 1 aliphatic rings. The molecule has 6 nitrogen and oxygen atoms in total. The second-order valence-corrected chi connectivity index (χ2v) is 6.48. The summed E-state index contributed by atoms with van der Waals surface area (Å²) in [5.41, 5.74) is -0.865. The molecule has 1 aromatic rings. The van der Waals surface area contributed by atoms with Crippen molar-refractivity contribution in [3.05, 3.63) is 18.2 Å². The number of hydrogen-bond acceptors (Lipinski definition) is 4. The van der Waals surface area contributed by atoms with E-state index >= 15 is 0 Å². The zero-order chi connectivity index (χ0) is 15.6. The average molecular weight is 294 g/mol. The van der Waals surface area contributed by atoms with Gasteiger partial charge in [-0.1, -0.05) is 0 Å². The number of aromatic nitrogens is 2. The third kappa shape index (κ3) is 4.04. The number of hydrogen-bond donors (Lipinski definition) is 2. The SMILES string of the molecule is CC(CC(C)(NC1CC1)C(=O)O)N(C)Cc1nccn1C. The summed E-state index contributed by atoms with van der Waals surface area (Å²) < 4.78 is 1.99. The molecular weight excluding hydrogens is 268 g/mol. The van der Waals surface area contributed by atoms with Crippen LogP contribution in [0.25, 0.3) is 0 Å². The minimum Gasteiger partial charge on any atom is -0.480 e. The third-order valence-corrected chi connectivity index (χ3v) is 4.34. The first-order valence-corrected chi connectivity index (χ1v) is 7.49. The lowest BCUT2D eigenvalue weighted by atomic mass is 9.92. The summed E-state index contributed by atoms with van der Waals surface area (Å²) in [6.07, 6.45) is 6.44. The van der Waals surface area contributed by atoms with E-state index in [4.69, 9.17) is 0 Å². The molecule has 2 atom stereocenters. The number of carbonyl (C=O) groups is 1. The maximum Gasteiger partial charge on any atom is 0.323 e. The van der Waals surface area contributed by atoms with Crippen LogP contribution < -0.4 is 5.32 Å². The summed E-state index contributed by atoms with van der Waals surface area (Å²) >= 11 is 0. The first-order chi connectivity index (χ1) is 9.82. The lowest BCUT2D eigenvalue weighted by Crippen LogP contribution is -2.54. The van der Waals surface area contributed by atoms with E-state index in [-0.39, 0.29) is 6.04 Å². The van der Waals surface area contributed by atoms with Crippen LogP contribution in [0.15, 0.2) is 12.4 Å². The zero-order valence-electron chi connectivity index (χ0n) is 13.3. The number of nitrogens with one attached hydrogen (secondary N) is 1. The summed E-state index contributed by atoms with van der Waals surface area (Å²) in [7, 11) is 3.98. The topological polar surface area (TPSA) is 70.4 Å². The Morgan fingerprint density at radius 3 is 2.81 bits per heavy atom. The molecule has 0 aromatic carbocycles. The second-order valence-electron chi connectivity index (χ2n) is 6.48. The van der Waals surface area contributed by atoms with E-state index in [1.807, 2.05) is 24.9 Å². The van der Waals surface area contributed by atoms with Gasteiger partial charge in [0.2, 0.25) is 0 Å². The molecule has 1 aliphatic carbocycles. The van der Waals surface area contributed by atoms with E-state index in [2.05, 4.69) is 22.1 Å². The molecule has 1 saturated carbocycles. The Bertz CT molecular complexity index is 498. The maximum absolute atomic E-state index is 11.6. The predicted octanol–water partition coefficient (Wildman–Crippen LogP) is 1.23. The van der Waals surface area contributed by atoms with Gasteiger partial charge < -0.3 is 9.67 Å². The van der Waals surface area contributed by atoms with Crippen LogP contribution in [0.3, 0.4) is 0 Å². The van der Waals surface area contributed by atoms with Gasteiger partial charge in [0.1, 0.15) is 11.4 Å². The molecule has 118 valence electrons. The van der Waals surface area contributed by atoms with Crippen molar-refractivity contribution in [3.8, 4) is 0 Å². The van der Waals surface area contributed by atoms with Gasteiger partial charge >= 0.3 is 5.97 Å². The average Bonchev–Trinajstić information content (AvgIpc) is 3.12. The summed E-state index contributed by atoms with van der Waals surface area (Å²) in [5.74, 6) is 0.211. The van der Waals surface area contributed by atoms with Crippen molar-refractivity contribution in [3.63, 3.8) is 0 Å². The highest BCUT2D eigenvalue weighted by Crippen LogP contribution is 2.26. The van der Waals surface area contributed by atoms with Crippen LogP contribution in [-0.4, -0.2) is 50.2 Å². The lowest BCUT2D eigenvalue weighted by molar-refractivity contribution is -0.145. The van der Waals surface area contributed by atoms with Crippen LogP contribution in [0.2, 0.25) is 0 Å². The maximum atomic E-state index is 11.6. The van der Waals surface area contributed by atoms with Gasteiger partial charge in [-0.2, -0.15) is 0 Å². The number of rotatable bonds is 8. The van der Waals surface area contributed by atoms with E-state index in [0.29, 0.717) is 19.0 Å². The molecule has 2 rings (SSSR count). The molecule has 1 fully saturated rings. The molecule has 0 spiro atoms. The summed E-state index contributed by atoms with van der Waals surface area (Å²) in [5, 5.41) is 12.8. The molecule has 0 saturated heterocycles. The van der Waals surface area contributed by atoms with Crippen LogP contribution in [0, 0.1) is 0 Å². The van der Waals surface area contributed by atoms with Crippen molar-refractivity contribution >= 4 is 5.97 Å². The number of carboxylic acid groups (broad SMARTS) is 1. The number of carboxylic acids is 1. The predicted molar refractivity (Wildman–Crippen MR) is 81.0 cm³/mol. The normalized spacial score (nSPS) is 19.5. The number of imidazole rings is 1. The van der Waals surface area contributed by atoms with E-state index in [9.17, 15) is 9.90 Å². The van der Waals surface area contributed by atoms with Gasteiger partial charge in [0, 0.05) is 31.5 Å². The Labute approximate surface area is 126 Å². The van der Waals surface area contributed by atoms with Crippen molar-refractivity contribution in [1.82, 2.24) is 19.8 Å². The fourth-order valence-corrected chi connectivity index (χ4v) is 2.56. The Hall–Kier alpha value is -1.40. The highest BCUT2D eigenvalue weighted by Gasteiger charge is 2.40. The van der Waals surface area contributed by atoms with Crippen LogP contribution in [0.4, 0.5) is 0 Å². The Kier molecular flexibility index (Phi) is 4.68. The standard InChI is InChI=1S/C15H26N4O2/c1-11(19(4)10-13-16-7-8-18(13)3)9-15(2,14(20)21)17-12-5-6-12/h7-8,11-12,17H,5-6,9-10H2,1-4H3,(H,20,21). The molecule has 1 aromatic heterocycles. The smallest absolute Gasteiger partial charge is 0.323 e. The highest BCUT2D eigenvalue weighted by atomic mass is 16.4. The zero-order valence-corrected chi connectivity index (χ0v) is 13.3. The molecule has 0 amide bonds. The molecule has 0 radical (unpaired) electrons. The van der Waals surface area contributed by atoms with E-state index in [1.54, 1.807) is 13.1 Å². The summed E-state index contributed by atoms with van der Waals surface area (Å²) in [4.78, 5) is 18.1. The largest absolute Gasteiger partial charge is 0.480 e. The van der Waals surface area contributed by atoms with Gasteiger partial charge in [-0.05, 0) is 40.2 Å². The van der Waals surface area contributed by atoms with Gasteiger partial charge in [0.25, 0.3) is 0 Å². The minimum absolute atomic E-state index is 0.147. The van der Waals surface area contributed by atoms with Crippen molar-refractivity contribution in [1.29, 1.82) is 0 Å². The monoisotopic (exact) mass is 294 g/mol. The number of aliphatic carboxylic acids is 1. The van der Waals surface area contributed by atoms with Crippen molar-refractivity contribution < 1.29 is 9.90 Å². The Morgan fingerprint density at radius 1 is 1.67 bits per heavy atom. The molecule has 0 bridgehead atoms.